The molecule has 2 heterocycles. The zero-order valence-electron chi connectivity index (χ0n) is 10.3. The van der Waals surface area contributed by atoms with Gasteiger partial charge in [0.2, 0.25) is 5.82 Å². The maximum absolute atomic E-state index is 13.1. The Morgan fingerprint density at radius 2 is 2.26 bits per heavy atom. The lowest BCUT2D eigenvalue weighted by molar-refractivity contribution is 0.0307. The molecule has 0 spiro atoms. The Kier molecular flexibility index (Phi) is 3.27. The number of benzene rings is 1. The second-order valence-corrected chi connectivity index (χ2v) is 4.53. The fourth-order valence-corrected chi connectivity index (χ4v) is 2.17. The standard InChI is InChI=1S/C13H14FN3O2/c14-9-3-1-2-8(6-9)12-16-13(19-17-12)11-5-4-10(7-15)18-11/h1-3,6,10-11H,4-5,7,15H2. The molecule has 19 heavy (non-hydrogen) atoms. The normalized spacial score (nSPS) is 22.8. The Hall–Kier alpha value is -1.79. The maximum Gasteiger partial charge on any atom is 0.256 e. The van der Waals surface area contributed by atoms with Gasteiger partial charge < -0.3 is 15.0 Å². The molecule has 1 aromatic heterocycles. The van der Waals surface area contributed by atoms with Crippen LogP contribution in [0.25, 0.3) is 11.4 Å². The first-order chi connectivity index (χ1) is 9.26. The Morgan fingerprint density at radius 3 is 3.00 bits per heavy atom. The first-order valence-electron chi connectivity index (χ1n) is 6.21. The predicted octanol–water partition coefficient (Wildman–Crippen LogP) is 2.05. The average molecular weight is 263 g/mol. The number of hydrogen-bond acceptors (Lipinski definition) is 5. The first kappa shape index (κ1) is 12.3. The molecule has 5 nitrogen and oxygen atoms in total. The number of nitrogens with two attached hydrogens (primary N) is 1. The van der Waals surface area contributed by atoms with Crippen molar-refractivity contribution < 1.29 is 13.7 Å². The molecule has 2 unspecified atom stereocenters. The summed E-state index contributed by atoms with van der Waals surface area (Å²) in [6.45, 7) is 0.487. The van der Waals surface area contributed by atoms with Crippen LogP contribution in [0.15, 0.2) is 28.8 Å². The van der Waals surface area contributed by atoms with Gasteiger partial charge in [-0.15, -0.1) is 0 Å². The third-order valence-electron chi connectivity index (χ3n) is 3.17. The molecule has 2 aromatic rings. The molecule has 1 aromatic carbocycles. The average Bonchev–Trinajstić information content (AvgIpc) is 3.07. The number of ether oxygens (including phenoxy) is 1. The zero-order chi connectivity index (χ0) is 13.2. The van der Waals surface area contributed by atoms with Gasteiger partial charge in [0, 0.05) is 12.1 Å². The molecule has 0 bridgehead atoms. The monoisotopic (exact) mass is 263 g/mol. The van der Waals surface area contributed by atoms with Crippen LogP contribution >= 0.6 is 0 Å². The van der Waals surface area contributed by atoms with Crippen LogP contribution in [0, 0.1) is 5.82 Å². The summed E-state index contributed by atoms with van der Waals surface area (Å²) in [6, 6.07) is 6.08. The van der Waals surface area contributed by atoms with E-state index in [1.807, 2.05) is 0 Å². The molecule has 1 fully saturated rings. The molecule has 100 valence electrons. The fourth-order valence-electron chi connectivity index (χ4n) is 2.17. The molecule has 0 aliphatic carbocycles. The van der Waals surface area contributed by atoms with E-state index < -0.39 is 0 Å². The quantitative estimate of drug-likeness (QED) is 0.917. The van der Waals surface area contributed by atoms with Gasteiger partial charge >= 0.3 is 0 Å². The van der Waals surface area contributed by atoms with Crippen LogP contribution in [0.3, 0.4) is 0 Å². The van der Waals surface area contributed by atoms with E-state index in [1.165, 1.54) is 12.1 Å². The summed E-state index contributed by atoms with van der Waals surface area (Å²) in [5, 5.41) is 3.86. The highest BCUT2D eigenvalue weighted by Gasteiger charge is 2.30. The molecule has 2 N–H and O–H groups in total. The molecule has 1 aliphatic rings. The zero-order valence-corrected chi connectivity index (χ0v) is 10.3. The van der Waals surface area contributed by atoms with Crippen LogP contribution in [0.1, 0.15) is 24.8 Å². The maximum atomic E-state index is 13.1. The van der Waals surface area contributed by atoms with E-state index in [0.29, 0.717) is 23.8 Å². The molecular weight excluding hydrogens is 249 g/mol. The van der Waals surface area contributed by atoms with E-state index in [-0.39, 0.29) is 18.0 Å². The van der Waals surface area contributed by atoms with Gasteiger partial charge in [0.15, 0.2) is 0 Å². The molecule has 6 heteroatoms. The summed E-state index contributed by atoms with van der Waals surface area (Å²) < 4.78 is 24.0. The van der Waals surface area contributed by atoms with Gasteiger partial charge in [-0.25, -0.2) is 4.39 Å². The number of halogens is 1. The first-order valence-corrected chi connectivity index (χ1v) is 6.21. The summed E-state index contributed by atoms with van der Waals surface area (Å²) in [7, 11) is 0. The summed E-state index contributed by atoms with van der Waals surface area (Å²) in [4.78, 5) is 4.26. The second kappa shape index (κ2) is 5.07. The minimum atomic E-state index is -0.329. The summed E-state index contributed by atoms with van der Waals surface area (Å²) in [5.74, 6) is 0.466. The Bertz CT molecular complexity index is 573. The van der Waals surface area contributed by atoms with E-state index in [9.17, 15) is 4.39 Å². The van der Waals surface area contributed by atoms with Crippen LogP contribution in [0.2, 0.25) is 0 Å². The highest BCUT2D eigenvalue weighted by atomic mass is 19.1. The van der Waals surface area contributed by atoms with Crippen molar-refractivity contribution in [1.29, 1.82) is 0 Å². The Labute approximate surface area is 109 Å². The van der Waals surface area contributed by atoms with Crippen LogP contribution in [-0.2, 0) is 4.74 Å². The molecule has 0 saturated carbocycles. The molecule has 0 radical (unpaired) electrons. The van der Waals surface area contributed by atoms with Gasteiger partial charge in [0.25, 0.3) is 5.89 Å². The molecule has 3 rings (SSSR count). The topological polar surface area (TPSA) is 74.2 Å². The van der Waals surface area contributed by atoms with Crippen LogP contribution < -0.4 is 5.73 Å². The van der Waals surface area contributed by atoms with Gasteiger partial charge in [-0.3, -0.25) is 0 Å². The lowest BCUT2D eigenvalue weighted by Crippen LogP contribution is -2.18. The highest BCUT2D eigenvalue weighted by Crippen LogP contribution is 2.32. The third-order valence-corrected chi connectivity index (χ3v) is 3.17. The van der Waals surface area contributed by atoms with Gasteiger partial charge in [0.05, 0.1) is 6.10 Å². The Morgan fingerprint density at radius 1 is 1.37 bits per heavy atom. The predicted molar refractivity (Wildman–Crippen MR) is 65.6 cm³/mol. The fraction of sp³-hybridized carbons (Fsp3) is 0.385. The lowest BCUT2D eigenvalue weighted by atomic mass is 10.2. The minimum absolute atomic E-state index is 0.0505. The lowest BCUT2D eigenvalue weighted by Gasteiger charge is -2.07. The number of nitrogens with zero attached hydrogens (tertiary/aromatic N) is 2. The van der Waals surface area contributed by atoms with Crippen LogP contribution in [0.5, 0.6) is 0 Å². The van der Waals surface area contributed by atoms with Crippen LogP contribution in [-0.4, -0.2) is 22.8 Å². The molecular formula is C13H14FN3O2. The van der Waals surface area contributed by atoms with Crippen molar-refractivity contribution in [2.24, 2.45) is 5.73 Å². The van der Waals surface area contributed by atoms with Crippen molar-refractivity contribution in [3.05, 3.63) is 36.0 Å². The van der Waals surface area contributed by atoms with Crippen molar-refractivity contribution in [1.82, 2.24) is 10.1 Å². The molecule has 0 amide bonds. The van der Waals surface area contributed by atoms with Gasteiger partial charge in [-0.1, -0.05) is 17.3 Å². The second-order valence-electron chi connectivity index (χ2n) is 4.53. The Balaban J connectivity index is 1.80. The number of hydrogen-bond donors (Lipinski definition) is 1. The SMILES string of the molecule is NCC1CCC(c2nc(-c3cccc(F)c3)no2)O1. The van der Waals surface area contributed by atoms with E-state index in [1.54, 1.807) is 12.1 Å². The number of aromatic nitrogens is 2. The van der Waals surface area contributed by atoms with E-state index in [4.69, 9.17) is 15.0 Å². The minimum Gasteiger partial charge on any atom is -0.364 e. The van der Waals surface area contributed by atoms with Crippen molar-refractivity contribution in [3.8, 4) is 11.4 Å². The summed E-state index contributed by atoms with van der Waals surface area (Å²) in [6.07, 6.45) is 1.55. The summed E-state index contributed by atoms with van der Waals surface area (Å²) >= 11 is 0. The van der Waals surface area contributed by atoms with Gasteiger partial charge in [0.1, 0.15) is 11.9 Å². The van der Waals surface area contributed by atoms with Crippen molar-refractivity contribution in [2.45, 2.75) is 25.0 Å². The smallest absolute Gasteiger partial charge is 0.256 e. The number of rotatable bonds is 3. The van der Waals surface area contributed by atoms with Gasteiger partial charge in [-0.05, 0) is 25.0 Å². The molecule has 1 aliphatic heterocycles. The largest absolute Gasteiger partial charge is 0.364 e. The van der Waals surface area contributed by atoms with Crippen LogP contribution in [0.4, 0.5) is 4.39 Å². The van der Waals surface area contributed by atoms with E-state index in [0.717, 1.165) is 12.8 Å². The van der Waals surface area contributed by atoms with Crippen molar-refractivity contribution in [3.63, 3.8) is 0 Å². The van der Waals surface area contributed by atoms with E-state index >= 15 is 0 Å². The van der Waals surface area contributed by atoms with Crippen molar-refractivity contribution >= 4 is 0 Å². The van der Waals surface area contributed by atoms with Crippen molar-refractivity contribution in [2.75, 3.05) is 6.54 Å². The van der Waals surface area contributed by atoms with E-state index in [2.05, 4.69) is 10.1 Å². The van der Waals surface area contributed by atoms with Gasteiger partial charge in [-0.2, -0.15) is 4.98 Å². The summed E-state index contributed by atoms with van der Waals surface area (Å²) in [5.41, 5.74) is 6.14. The highest BCUT2D eigenvalue weighted by molar-refractivity contribution is 5.53. The molecule has 2 atom stereocenters. The molecule has 1 saturated heterocycles. The third kappa shape index (κ3) is 2.50.